The second kappa shape index (κ2) is 11.8. The van der Waals surface area contributed by atoms with Crippen LogP contribution in [0.25, 0.3) is 21.9 Å². The van der Waals surface area contributed by atoms with Gasteiger partial charge in [-0.25, -0.2) is 4.39 Å². The summed E-state index contributed by atoms with van der Waals surface area (Å²) in [6, 6.07) is 12.1. The zero-order chi connectivity index (χ0) is 28.5. The van der Waals surface area contributed by atoms with E-state index in [1.54, 1.807) is 12.3 Å². The van der Waals surface area contributed by atoms with Gasteiger partial charge < -0.3 is 34.4 Å². The molecule has 0 bridgehead atoms. The van der Waals surface area contributed by atoms with Gasteiger partial charge in [-0.15, -0.1) is 0 Å². The lowest BCUT2D eigenvalue weighted by Gasteiger charge is -2.40. The van der Waals surface area contributed by atoms with Crippen molar-refractivity contribution >= 4 is 27.8 Å². The van der Waals surface area contributed by atoms with Crippen LogP contribution >= 0.6 is 0 Å². The third-order valence-corrected chi connectivity index (χ3v) is 8.78. The number of fused-ring (bicyclic) bond motifs is 2. The maximum atomic E-state index is 13.7. The largest absolute Gasteiger partial charge is 0.488 e. The van der Waals surface area contributed by atoms with Gasteiger partial charge in [0.25, 0.3) is 5.91 Å². The van der Waals surface area contributed by atoms with Crippen LogP contribution in [0.2, 0.25) is 0 Å². The number of benzene rings is 2. The molecule has 0 radical (unpaired) electrons. The summed E-state index contributed by atoms with van der Waals surface area (Å²) < 4.78 is 25.4. The highest BCUT2D eigenvalue weighted by Gasteiger charge is 2.30. The second-order valence-electron chi connectivity index (χ2n) is 11.9. The van der Waals surface area contributed by atoms with Crippen LogP contribution in [0.15, 0.2) is 53.1 Å². The van der Waals surface area contributed by atoms with Crippen molar-refractivity contribution in [3.63, 3.8) is 0 Å². The Hall–Kier alpha value is -3.40. The first-order valence-corrected chi connectivity index (χ1v) is 14.7. The Kier molecular flexibility index (Phi) is 8.01. The molecule has 0 aliphatic carbocycles. The summed E-state index contributed by atoms with van der Waals surface area (Å²) in [6.45, 7) is 10.4. The molecular formula is C32H39FN4O4. The molecule has 218 valence electrons. The smallest absolute Gasteiger partial charge is 0.267 e. The molecule has 4 heterocycles. The molecule has 2 aromatic heterocycles. The number of ether oxygens (including phenoxy) is 1. The Bertz CT molecular complexity index is 1500. The summed E-state index contributed by atoms with van der Waals surface area (Å²) in [5.41, 5.74) is 2.70. The Morgan fingerprint density at radius 3 is 2.61 bits per heavy atom. The van der Waals surface area contributed by atoms with Gasteiger partial charge in [0.05, 0.1) is 12.4 Å². The molecule has 2 aliphatic rings. The molecule has 2 fully saturated rings. The van der Waals surface area contributed by atoms with Gasteiger partial charge in [0, 0.05) is 67.2 Å². The molecule has 6 rings (SSSR count). The lowest BCUT2D eigenvalue weighted by Crippen LogP contribution is -2.50. The maximum absolute atomic E-state index is 13.7. The molecular weight excluding hydrogens is 523 g/mol. The van der Waals surface area contributed by atoms with E-state index in [1.165, 1.54) is 12.1 Å². The van der Waals surface area contributed by atoms with Crippen molar-refractivity contribution in [3.8, 4) is 5.75 Å². The van der Waals surface area contributed by atoms with E-state index < -0.39 is 0 Å². The molecule has 0 unspecified atom stereocenters. The Morgan fingerprint density at radius 2 is 1.83 bits per heavy atom. The first kappa shape index (κ1) is 27.8. The van der Waals surface area contributed by atoms with Crippen LogP contribution in [0.3, 0.4) is 0 Å². The number of hydrogen-bond acceptors (Lipinski definition) is 6. The van der Waals surface area contributed by atoms with Crippen molar-refractivity contribution in [2.75, 3.05) is 39.3 Å². The molecule has 41 heavy (non-hydrogen) atoms. The minimum atomic E-state index is -0.322. The van der Waals surface area contributed by atoms with E-state index in [0.29, 0.717) is 34.2 Å². The number of H-pyrrole nitrogens is 1. The van der Waals surface area contributed by atoms with E-state index in [1.807, 2.05) is 24.3 Å². The number of aliphatic hydroxyl groups excluding tert-OH is 1. The lowest BCUT2D eigenvalue weighted by molar-refractivity contribution is -0.0109. The van der Waals surface area contributed by atoms with Gasteiger partial charge in [-0.3, -0.25) is 4.79 Å². The van der Waals surface area contributed by atoms with Crippen LogP contribution in [0.5, 0.6) is 5.75 Å². The van der Waals surface area contributed by atoms with Gasteiger partial charge in [-0.2, -0.15) is 0 Å². The number of carbonyl (C=O) groups is 1. The topological polar surface area (TPSA) is 94.0 Å². The molecule has 0 saturated carbocycles. The average Bonchev–Trinajstić information content (AvgIpc) is 3.59. The number of nitrogens with zero attached hydrogens (tertiary/aromatic N) is 2. The maximum Gasteiger partial charge on any atom is 0.267 e. The van der Waals surface area contributed by atoms with Crippen molar-refractivity contribution in [2.24, 2.45) is 11.8 Å². The number of rotatable bonds is 8. The highest BCUT2D eigenvalue weighted by atomic mass is 19.1. The quantitative estimate of drug-likeness (QED) is 0.286. The number of nitrogens with one attached hydrogen (secondary N) is 2. The van der Waals surface area contributed by atoms with E-state index >= 15 is 0 Å². The fourth-order valence-electron chi connectivity index (χ4n) is 6.39. The van der Waals surface area contributed by atoms with Crippen molar-refractivity contribution in [1.29, 1.82) is 0 Å². The molecule has 0 spiro atoms. The Balaban J connectivity index is 1.02. The summed E-state index contributed by atoms with van der Waals surface area (Å²) in [5, 5.41) is 14.9. The van der Waals surface area contributed by atoms with Crippen LogP contribution in [-0.4, -0.2) is 77.2 Å². The first-order chi connectivity index (χ1) is 19.8. The summed E-state index contributed by atoms with van der Waals surface area (Å²) in [7, 11) is 0. The summed E-state index contributed by atoms with van der Waals surface area (Å²) in [5.74, 6) is 0.836. The van der Waals surface area contributed by atoms with Crippen molar-refractivity contribution < 1.29 is 23.4 Å². The molecule has 8 nitrogen and oxygen atoms in total. The normalized spacial score (nSPS) is 22.9. The fourth-order valence-corrected chi connectivity index (χ4v) is 6.39. The lowest BCUT2D eigenvalue weighted by atomic mass is 9.88. The summed E-state index contributed by atoms with van der Waals surface area (Å²) >= 11 is 0. The number of aromatic nitrogens is 1. The van der Waals surface area contributed by atoms with Gasteiger partial charge in [0.15, 0.2) is 0 Å². The second-order valence-corrected chi connectivity index (χ2v) is 11.9. The van der Waals surface area contributed by atoms with Gasteiger partial charge in [0.2, 0.25) is 0 Å². The number of aromatic amines is 1. The number of carbonyl (C=O) groups excluding carboxylic acids is 1. The van der Waals surface area contributed by atoms with Crippen molar-refractivity contribution in [1.82, 2.24) is 20.1 Å². The zero-order valence-corrected chi connectivity index (χ0v) is 23.7. The highest BCUT2D eigenvalue weighted by Crippen LogP contribution is 2.29. The minimum absolute atomic E-state index is 0.114. The van der Waals surface area contributed by atoms with E-state index in [9.17, 15) is 14.3 Å². The first-order valence-electron chi connectivity index (χ1n) is 14.7. The number of hydrogen-bond donors (Lipinski definition) is 3. The van der Waals surface area contributed by atoms with E-state index in [2.05, 4.69) is 33.9 Å². The summed E-state index contributed by atoms with van der Waals surface area (Å²) in [6.07, 6.45) is 3.23. The number of furan rings is 1. The van der Waals surface area contributed by atoms with E-state index in [-0.39, 0.29) is 30.5 Å². The monoisotopic (exact) mass is 562 g/mol. The molecule has 9 heteroatoms. The molecule has 4 aromatic rings. The van der Waals surface area contributed by atoms with Gasteiger partial charge >= 0.3 is 0 Å². The number of amides is 1. The highest BCUT2D eigenvalue weighted by molar-refractivity contribution is 5.99. The number of likely N-dealkylation sites (tertiary alicyclic amines) is 2. The van der Waals surface area contributed by atoms with Crippen LogP contribution in [-0.2, 0) is 6.61 Å². The molecule has 2 saturated heterocycles. The van der Waals surface area contributed by atoms with Gasteiger partial charge in [-0.1, -0.05) is 19.9 Å². The van der Waals surface area contributed by atoms with Crippen LogP contribution < -0.4 is 10.1 Å². The van der Waals surface area contributed by atoms with Crippen LogP contribution in [0.1, 0.15) is 42.7 Å². The van der Waals surface area contributed by atoms with E-state index in [0.717, 1.165) is 68.6 Å². The van der Waals surface area contributed by atoms with Gasteiger partial charge in [-0.05, 0) is 61.1 Å². The standard InChI is InChI=1S/C32H39FN4O4/c1-20-16-37(17-21(2)31(20)38)13-12-36-10-8-24(9-11-36)34-32(39)28-15-26-27(35-28)4-3-5-29(26)40-18-22-19-41-30-7-6-23(33)14-25(22)30/h3-7,14-15,19-21,24,31,35,38H,8-13,16-18H2,1-2H3,(H,34,39)/t20-,21+,31+. The van der Waals surface area contributed by atoms with Crippen LogP contribution in [0, 0.1) is 17.7 Å². The minimum Gasteiger partial charge on any atom is -0.488 e. The molecule has 1 amide bonds. The predicted molar refractivity (Wildman–Crippen MR) is 157 cm³/mol. The van der Waals surface area contributed by atoms with Crippen LogP contribution in [0.4, 0.5) is 4.39 Å². The Labute approximate surface area is 239 Å². The number of aliphatic hydroxyl groups is 1. The Morgan fingerprint density at radius 1 is 1.07 bits per heavy atom. The molecule has 3 atom stereocenters. The summed E-state index contributed by atoms with van der Waals surface area (Å²) in [4.78, 5) is 21.3. The van der Waals surface area contributed by atoms with Crippen molar-refractivity contribution in [2.45, 2.75) is 45.4 Å². The SMILES string of the molecule is C[C@@H]1CN(CCN2CCC(NC(=O)c3cc4c(OCc5coc6ccc(F)cc56)cccc4[nH]3)CC2)C[C@H](C)[C@H]1O. The zero-order valence-electron chi connectivity index (χ0n) is 23.7. The average molecular weight is 563 g/mol. The number of piperidine rings is 2. The predicted octanol–water partition coefficient (Wildman–Crippen LogP) is 4.78. The van der Waals surface area contributed by atoms with Crippen molar-refractivity contribution in [3.05, 3.63) is 65.8 Å². The fraction of sp³-hybridized carbons (Fsp3) is 0.469. The third-order valence-electron chi connectivity index (χ3n) is 8.78. The molecule has 2 aliphatic heterocycles. The molecule has 2 aromatic carbocycles. The molecule has 3 N–H and O–H groups in total. The van der Waals surface area contributed by atoms with Gasteiger partial charge in [0.1, 0.15) is 29.5 Å². The third kappa shape index (κ3) is 6.12. The number of halogens is 1. The van der Waals surface area contributed by atoms with E-state index in [4.69, 9.17) is 9.15 Å².